The third-order valence-corrected chi connectivity index (χ3v) is 3.63. The van der Waals surface area contributed by atoms with Crippen LogP contribution in [0.3, 0.4) is 0 Å². The van der Waals surface area contributed by atoms with Crippen molar-refractivity contribution >= 4 is 36.0 Å². The molecule has 1 aliphatic carbocycles. The lowest BCUT2D eigenvalue weighted by Gasteiger charge is -2.26. The molecule has 0 aromatic carbocycles. The first kappa shape index (κ1) is 23.3. The maximum absolute atomic E-state index is 12.0. The summed E-state index contributed by atoms with van der Waals surface area (Å²) in [6, 6.07) is 0.549. The Kier molecular flexibility index (Phi) is 9.99. The summed E-state index contributed by atoms with van der Waals surface area (Å²) in [5, 5.41) is 6.71. The highest BCUT2D eigenvalue weighted by Gasteiger charge is 2.33. The predicted octanol–water partition coefficient (Wildman–Crippen LogP) is 3.07. The fraction of sp³-hybridized carbons (Fsp3) is 0.882. The number of nitrogens with zero attached hydrogens (tertiary/aromatic N) is 2. The fourth-order valence-corrected chi connectivity index (χ4v) is 2.21. The number of hydrogen-bond acceptors (Lipinski definition) is 3. The second-order valence-corrected chi connectivity index (χ2v) is 7.65. The second kappa shape index (κ2) is 10.3. The molecular weight excluding hydrogens is 419 g/mol. The van der Waals surface area contributed by atoms with Gasteiger partial charge in [0.2, 0.25) is 0 Å². The molecule has 1 saturated carbocycles. The maximum Gasteiger partial charge on any atom is 0.410 e. The monoisotopic (exact) mass is 454 g/mol. The molecule has 24 heavy (non-hydrogen) atoms. The van der Waals surface area contributed by atoms with Crippen LogP contribution in [0.5, 0.6) is 0 Å². The van der Waals surface area contributed by atoms with Gasteiger partial charge in [-0.1, -0.05) is 13.8 Å². The molecule has 2 N–H and O–H groups in total. The van der Waals surface area contributed by atoms with Gasteiger partial charge in [-0.2, -0.15) is 0 Å². The van der Waals surface area contributed by atoms with Crippen LogP contribution in [0.2, 0.25) is 0 Å². The van der Waals surface area contributed by atoms with E-state index >= 15 is 0 Å². The summed E-state index contributed by atoms with van der Waals surface area (Å²) in [4.78, 5) is 18.2. The standard InChI is InChI=1S/C17H34N4O2.HI/c1-8-18-15(20-14-9-13(14)3)19-10-12(2)11-21(7)16(22)23-17(4,5)6;/h12-14H,8-11H2,1-7H3,(H2,18,19,20);1H. The van der Waals surface area contributed by atoms with Gasteiger partial charge in [-0.25, -0.2) is 4.79 Å². The van der Waals surface area contributed by atoms with E-state index in [1.165, 1.54) is 6.42 Å². The molecule has 142 valence electrons. The van der Waals surface area contributed by atoms with Gasteiger partial charge in [0.15, 0.2) is 5.96 Å². The molecule has 0 aromatic rings. The van der Waals surface area contributed by atoms with E-state index in [2.05, 4.69) is 36.4 Å². The molecule has 7 heteroatoms. The summed E-state index contributed by atoms with van der Waals surface area (Å²) in [5.74, 6) is 1.86. The van der Waals surface area contributed by atoms with Gasteiger partial charge in [-0.05, 0) is 46.0 Å². The van der Waals surface area contributed by atoms with E-state index in [0.29, 0.717) is 19.1 Å². The molecule has 3 atom stereocenters. The summed E-state index contributed by atoms with van der Waals surface area (Å²) in [6.45, 7) is 14.2. The lowest BCUT2D eigenvalue weighted by Crippen LogP contribution is -2.40. The molecule has 3 unspecified atom stereocenters. The molecule has 0 aromatic heterocycles. The van der Waals surface area contributed by atoms with Gasteiger partial charge in [-0.3, -0.25) is 4.99 Å². The zero-order valence-corrected chi connectivity index (χ0v) is 18.5. The van der Waals surface area contributed by atoms with Gasteiger partial charge >= 0.3 is 6.09 Å². The molecule has 0 spiro atoms. The van der Waals surface area contributed by atoms with Crippen LogP contribution in [0.15, 0.2) is 4.99 Å². The second-order valence-electron chi connectivity index (χ2n) is 7.65. The van der Waals surface area contributed by atoms with Crippen LogP contribution in [0, 0.1) is 11.8 Å². The predicted molar refractivity (Wildman–Crippen MR) is 110 cm³/mol. The van der Waals surface area contributed by atoms with E-state index in [0.717, 1.165) is 18.4 Å². The highest BCUT2D eigenvalue weighted by molar-refractivity contribution is 14.0. The minimum atomic E-state index is -0.462. The summed E-state index contributed by atoms with van der Waals surface area (Å²) < 4.78 is 5.36. The van der Waals surface area contributed by atoms with Crippen molar-refractivity contribution in [1.29, 1.82) is 0 Å². The Labute approximate surface area is 164 Å². The first-order valence-corrected chi connectivity index (χ1v) is 8.61. The quantitative estimate of drug-likeness (QED) is 0.368. The van der Waals surface area contributed by atoms with Crippen molar-refractivity contribution in [3.05, 3.63) is 0 Å². The molecule has 0 saturated heterocycles. The minimum absolute atomic E-state index is 0. The van der Waals surface area contributed by atoms with Crippen molar-refractivity contribution in [3.63, 3.8) is 0 Å². The Hall–Kier alpha value is -0.730. The molecule has 6 nitrogen and oxygen atoms in total. The number of carbonyl (C=O) groups excluding carboxylic acids is 1. The van der Waals surface area contributed by atoms with Crippen molar-refractivity contribution in [2.75, 3.05) is 26.7 Å². The molecule has 1 amide bonds. The largest absolute Gasteiger partial charge is 0.444 e. The Bertz CT molecular complexity index is 423. The summed E-state index contributed by atoms with van der Waals surface area (Å²) in [6.07, 6.45) is 0.923. The molecule has 0 bridgehead atoms. The number of hydrogen-bond donors (Lipinski definition) is 2. The van der Waals surface area contributed by atoms with Gasteiger partial charge in [-0.15, -0.1) is 24.0 Å². The van der Waals surface area contributed by atoms with E-state index in [9.17, 15) is 4.79 Å². The van der Waals surface area contributed by atoms with Crippen LogP contribution in [-0.4, -0.2) is 55.3 Å². The number of ether oxygens (including phenoxy) is 1. The van der Waals surface area contributed by atoms with Crippen LogP contribution >= 0.6 is 24.0 Å². The van der Waals surface area contributed by atoms with E-state index in [4.69, 9.17) is 4.74 Å². The third kappa shape index (κ3) is 9.54. The normalized spacial score (nSPS) is 21.4. The molecule has 1 fully saturated rings. The van der Waals surface area contributed by atoms with Gasteiger partial charge in [0.05, 0.1) is 0 Å². The summed E-state index contributed by atoms with van der Waals surface area (Å²) in [5.41, 5.74) is -0.462. The van der Waals surface area contributed by atoms with Gasteiger partial charge in [0.1, 0.15) is 5.60 Å². The lowest BCUT2D eigenvalue weighted by molar-refractivity contribution is 0.0279. The Balaban J connectivity index is 0.00000529. The molecule has 1 aliphatic rings. The van der Waals surface area contributed by atoms with Crippen molar-refractivity contribution in [2.45, 2.75) is 59.6 Å². The fourth-order valence-electron chi connectivity index (χ4n) is 2.21. The van der Waals surface area contributed by atoms with E-state index in [-0.39, 0.29) is 36.0 Å². The average molecular weight is 454 g/mol. The highest BCUT2D eigenvalue weighted by atomic mass is 127. The van der Waals surface area contributed by atoms with Gasteiger partial charge in [0, 0.05) is 32.7 Å². The van der Waals surface area contributed by atoms with E-state index in [1.54, 1.807) is 11.9 Å². The highest BCUT2D eigenvalue weighted by Crippen LogP contribution is 2.28. The number of halogens is 1. The third-order valence-electron chi connectivity index (χ3n) is 3.63. The van der Waals surface area contributed by atoms with Gasteiger partial charge < -0.3 is 20.3 Å². The van der Waals surface area contributed by atoms with E-state index in [1.807, 2.05) is 20.8 Å². The number of aliphatic imine (C=N–C) groups is 1. The summed E-state index contributed by atoms with van der Waals surface area (Å²) >= 11 is 0. The Morgan fingerprint density at radius 2 is 2.00 bits per heavy atom. The zero-order chi connectivity index (χ0) is 17.6. The van der Waals surface area contributed by atoms with Gasteiger partial charge in [0.25, 0.3) is 0 Å². The Morgan fingerprint density at radius 1 is 1.42 bits per heavy atom. The first-order valence-electron chi connectivity index (χ1n) is 8.61. The average Bonchev–Trinajstić information content (AvgIpc) is 3.09. The van der Waals surface area contributed by atoms with Crippen LogP contribution in [0.4, 0.5) is 4.79 Å². The summed E-state index contributed by atoms with van der Waals surface area (Å²) in [7, 11) is 1.77. The van der Waals surface area contributed by atoms with Crippen molar-refractivity contribution < 1.29 is 9.53 Å². The number of guanidine groups is 1. The van der Waals surface area contributed by atoms with Crippen molar-refractivity contribution in [3.8, 4) is 0 Å². The number of amides is 1. The SMILES string of the molecule is CCNC(=NCC(C)CN(C)C(=O)OC(C)(C)C)NC1CC1C.I. The number of carbonyl (C=O) groups is 1. The molecule has 0 aliphatic heterocycles. The molecule has 1 rings (SSSR count). The van der Waals surface area contributed by atoms with Crippen LogP contribution in [0.25, 0.3) is 0 Å². The molecular formula is C17H35IN4O2. The van der Waals surface area contributed by atoms with Crippen LogP contribution in [0.1, 0.15) is 48.0 Å². The molecule has 0 radical (unpaired) electrons. The van der Waals surface area contributed by atoms with Crippen molar-refractivity contribution in [1.82, 2.24) is 15.5 Å². The molecule has 0 heterocycles. The maximum atomic E-state index is 12.0. The number of nitrogens with one attached hydrogen (secondary N) is 2. The van der Waals surface area contributed by atoms with Crippen LogP contribution in [-0.2, 0) is 4.74 Å². The zero-order valence-electron chi connectivity index (χ0n) is 16.2. The lowest BCUT2D eigenvalue weighted by atomic mass is 10.2. The smallest absolute Gasteiger partial charge is 0.410 e. The van der Waals surface area contributed by atoms with E-state index < -0.39 is 5.60 Å². The van der Waals surface area contributed by atoms with Crippen molar-refractivity contribution in [2.24, 2.45) is 16.8 Å². The number of rotatable bonds is 6. The Morgan fingerprint density at radius 3 is 2.46 bits per heavy atom. The topological polar surface area (TPSA) is 66.0 Å². The minimum Gasteiger partial charge on any atom is -0.444 e. The first-order chi connectivity index (χ1) is 10.6. The van der Waals surface area contributed by atoms with Crippen LogP contribution < -0.4 is 10.6 Å².